The van der Waals surface area contributed by atoms with E-state index in [2.05, 4.69) is 18.7 Å². The molecule has 0 aliphatic carbocycles. The number of hydrogen-bond donors (Lipinski definition) is 1. The highest BCUT2D eigenvalue weighted by molar-refractivity contribution is 4.82. The third-order valence-corrected chi connectivity index (χ3v) is 3.18. The van der Waals surface area contributed by atoms with Gasteiger partial charge in [-0.1, -0.05) is 26.7 Å². The van der Waals surface area contributed by atoms with Crippen LogP contribution in [0.25, 0.3) is 0 Å². The lowest BCUT2D eigenvalue weighted by Crippen LogP contribution is -2.24. The van der Waals surface area contributed by atoms with Gasteiger partial charge in [-0.3, -0.25) is 0 Å². The van der Waals surface area contributed by atoms with Crippen LogP contribution in [0.5, 0.6) is 0 Å². The summed E-state index contributed by atoms with van der Waals surface area (Å²) in [4.78, 5) is 2.61. The fourth-order valence-electron chi connectivity index (χ4n) is 2.25. The SMILES string of the molecule is CC1(C)CCN(CCCCCCN)C1. The van der Waals surface area contributed by atoms with E-state index in [-0.39, 0.29) is 0 Å². The Morgan fingerprint density at radius 1 is 1.14 bits per heavy atom. The minimum absolute atomic E-state index is 0.567. The van der Waals surface area contributed by atoms with Gasteiger partial charge in [0.25, 0.3) is 0 Å². The van der Waals surface area contributed by atoms with Gasteiger partial charge in [-0.2, -0.15) is 0 Å². The predicted octanol–water partition coefficient (Wildman–Crippen LogP) is 2.24. The number of unbranched alkanes of at least 4 members (excludes halogenated alkanes) is 3. The molecule has 1 aliphatic heterocycles. The van der Waals surface area contributed by atoms with E-state index in [0.717, 1.165) is 6.54 Å². The Bertz CT molecular complexity index is 154. The van der Waals surface area contributed by atoms with Gasteiger partial charge in [0, 0.05) is 6.54 Å². The largest absolute Gasteiger partial charge is 0.330 e. The summed E-state index contributed by atoms with van der Waals surface area (Å²) >= 11 is 0. The maximum absolute atomic E-state index is 5.46. The highest BCUT2D eigenvalue weighted by Crippen LogP contribution is 2.28. The lowest BCUT2D eigenvalue weighted by molar-refractivity contribution is 0.285. The second-order valence-electron chi connectivity index (χ2n) is 5.39. The van der Waals surface area contributed by atoms with E-state index in [1.54, 1.807) is 0 Å². The Kier molecular flexibility index (Phi) is 4.90. The molecule has 0 atom stereocenters. The molecule has 2 nitrogen and oxygen atoms in total. The van der Waals surface area contributed by atoms with Crippen LogP contribution in [0.4, 0.5) is 0 Å². The normalized spacial score (nSPS) is 21.6. The van der Waals surface area contributed by atoms with Gasteiger partial charge >= 0.3 is 0 Å². The van der Waals surface area contributed by atoms with Crippen LogP contribution in [0, 0.1) is 5.41 Å². The van der Waals surface area contributed by atoms with Crippen LogP contribution in [-0.4, -0.2) is 31.1 Å². The van der Waals surface area contributed by atoms with Crippen molar-refractivity contribution in [2.75, 3.05) is 26.2 Å². The highest BCUT2D eigenvalue weighted by atomic mass is 15.1. The molecule has 0 amide bonds. The van der Waals surface area contributed by atoms with E-state index in [1.165, 1.54) is 51.7 Å². The Morgan fingerprint density at radius 2 is 1.86 bits per heavy atom. The zero-order valence-corrected chi connectivity index (χ0v) is 9.89. The molecular formula is C12H26N2. The summed E-state index contributed by atoms with van der Waals surface area (Å²) in [6.07, 6.45) is 6.60. The second-order valence-corrected chi connectivity index (χ2v) is 5.39. The maximum atomic E-state index is 5.46. The van der Waals surface area contributed by atoms with Crippen LogP contribution in [-0.2, 0) is 0 Å². The summed E-state index contributed by atoms with van der Waals surface area (Å²) in [5, 5.41) is 0. The van der Waals surface area contributed by atoms with Crippen molar-refractivity contribution in [3.05, 3.63) is 0 Å². The number of hydrogen-bond acceptors (Lipinski definition) is 2. The van der Waals surface area contributed by atoms with Gasteiger partial charge < -0.3 is 10.6 Å². The van der Waals surface area contributed by atoms with Crippen LogP contribution in [0.1, 0.15) is 46.0 Å². The molecule has 2 heteroatoms. The number of nitrogens with zero attached hydrogens (tertiary/aromatic N) is 1. The fourth-order valence-corrected chi connectivity index (χ4v) is 2.25. The van der Waals surface area contributed by atoms with Crippen molar-refractivity contribution in [1.82, 2.24) is 4.90 Å². The van der Waals surface area contributed by atoms with Gasteiger partial charge in [-0.25, -0.2) is 0 Å². The van der Waals surface area contributed by atoms with Crippen molar-refractivity contribution in [3.63, 3.8) is 0 Å². The molecule has 0 aromatic rings. The first-order valence-corrected chi connectivity index (χ1v) is 6.06. The number of nitrogens with two attached hydrogens (primary N) is 1. The highest BCUT2D eigenvalue weighted by Gasteiger charge is 2.28. The number of likely N-dealkylation sites (tertiary alicyclic amines) is 1. The van der Waals surface area contributed by atoms with E-state index in [1.807, 2.05) is 0 Å². The smallest absolute Gasteiger partial charge is 0.00332 e. The Hall–Kier alpha value is -0.0800. The van der Waals surface area contributed by atoms with Crippen LogP contribution in [0.3, 0.4) is 0 Å². The van der Waals surface area contributed by atoms with Crippen LogP contribution >= 0.6 is 0 Å². The first kappa shape index (κ1) is 12.0. The van der Waals surface area contributed by atoms with Crippen molar-refractivity contribution in [2.24, 2.45) is 11.1 Å². The summed E-state index contributed by atoms with van der Waals surface area (Å²) in [6, 6.07) is 0. The van der Waals surface area contributed by atoms with Crippen LogP contribution in [0.2, 0.25) is 0 Å². The molecule has 1 heterocycles. The number of rotatable bonds is 6. The second kappa shape index (κ2) is 5.72. The molecule has 0 radical (unpaired) electrons. The van der Waals surface area contributed by atoms with Crippen molar-refractivity contribution in [1.29, 1.82) is 0 Å². The minimum Gasteiger partial charge on any atom is -0.330 e. The Morgan fingerprint density at radius 3 is 2.43 bits per heavy atom. The molecule has 0 aromatic carbocycles. The van der Waals surface area contributed by atoms with Crippen molar-refractivity contribution in [2.45, 2.75) is 46.0 Å². The molecule has 1 rings (SSSR count). The molecule has 0 saturated carbocycles. The van der Waals surface area contributed by atoms with E-state index in [4.69, 9.17) is 5.73 Å². The molecule has 1 fully saturated rings. The van der Waals surface area contributed by atoms with Gasteiger partial charge in [0.2, 0.25) is 0 Å². The molecule has 14 heavy (non-hydrogen) atoms. The van der Waals surface area contributed by atoms with Crippen molar-refractivity contribution in [3.8, 4) is 0 Å². The maximum Gasteiger partial charge on any atom is 0.00332 e. The monoisotopic (exact) mass is 198 g/mol. The lowest BCUT2D eigenvalue weighted by atomic mass is 9.93. The van der Waals surface area contributed by atoms with Gasteiger partial charge in [0.15, 0.2) is 0 Å². The summed E-state index contributed by atoms with van der Waals surface area (Å²) in [7, 11) is 0. The molecule has 2 N–H and O–H groups in total. The zero-order valence-electron chi connectivity index (χ0n) is 9.89. The first-order chi connectivity index (χ1) is 6.64. The third-order valence-electron chi connectivity index (χ3n) is 3.18. The third kappa shape index (κ3) is 4.43. The van der Waals surface area contributed by atoms with Crippen molar-refractivity contribution < 1.29 is 0 Å². The lowest BCUT2D eigenvalue weighted by Gasteiger charge is -2.19. The topological polar surface area (TPSA) is 29.3 Å². The summed E-state index contributed by atoms with van der Waals surface area (Å²) in [5.41, 5.74) is 6.02. The Labute approximate surface area is 88.8 Å². The minimum atomic E-state index is 0.567. The molecule has 0 unspecified atom stereocenters. The zero-order chi connectivity index (χ0) is 10.4. The summed E-state index contributed by atoms with van der Waals surface area (Å²) in [5.74, 6) is 0. The molecule has 1 saturated heterocycles. The van der Waals surface area contributed by atoms with Gasteiger partial charge in [0.05, 0.1) is 0 Å². The average Bonchev–Trinajstić information content (AvgIpc) is 2.45. The Balaban J connectivity index is 1.98. The fraction of sp³-hybridized carbons (Fsp3) is 1.00. The van der Waals surface area contributed by atoms with Crippen LogP contribution < -0.4 is 5.73 Å². The molecular weight excluding hydrogens is 172 g/mol. The standard InChI is InChI=1S/C12H26N2/c1-12(2)7-10-14(11-12)9-6-4-3-5-8-13/h3-11,13H2,1-2H3. The predicted molar refractivity (Wildman–Crippen MR) is 62.4 cm³/mol. The molecule has 1 aliphatic rings. The summed E-state index contributed by atoms with van der Waals surface area (Å²) < 4.78 is 0. The summed E-state index contributed by atoms with van der Waals surface area (Å²) in [6.45, 7) is 9.52. The van der Waals surface area contributed by atoms with Crippen LogP contribution in [0.15, 0.2) is 0 Å². The molecule has 0 spiro atoms. The molecule has 0 aromatic heterocycles. The van der Waals surface area contributed by atoms with E-state index in [9.17, 15) is 0 Å². The average molecular weight is 198 g/mol. The van der Waals surface area contributed by atoms with Crippen molar-refractivity contribution >= 4 is 0 Å². The van der Waals surface area contributed by atoms with E-state index < -0.39 is 0 Å². The molecule has 0 bridgehead atoms. The van der Waals surface area contributed by atoms with E-state index in [0.29, 0.717) is 5.41 Å². The van der Waals surface area contributed by atoms with Gasteiger partial charge in [-0.05, 0) is 44.3 Å². The van der Waals surface area contributed by atoms with E-state index >= 15 is 0 Å². The van der Waals surface area contributed by atoms with Gasteiger partial charge in [-0.15, -0.1) is 0 Å². The molecule has 84 valence electrons. The van der Waals surface area contributed by atoms with Gasteiger partial charge in [0.1, 0.15) is 0 Å². The quantitative estimate of drug-likeness (QED) is 0.663. The first-order valence-electron chi connectivity index (χ1n) is 6.06.